The molecule has 1 unspecified atom stereocenters. The number of hydrazone groups is 1. The Morgan fingerprint density at radius 3 is 2.64 bits per heavy atom. The molecule has 28 heavy (non-hydrogen) atoms. The number of carbonyl (C=O) groups is 1. The fraction of sp³-hybridized carbons (Fsp3) is 0.250. The summed E-state index contributed by atoms with van der Waals surface area (Å²) in [5, 5.41) is 7.01. The average Bonchev–Trinajstić information content (AvgIpc) is 3.36. The Morgan fingerprint density at radius 2 is 2.00 bits per heavy atom. The van der Waals surface area contributed by atoms with Gasteiger partial charge in [-0.3, -0.25) is 4.79 Å². The van der Waals surface area contributed by atoms with Crippen molar-refractivity contribution in [3.8, 4) is 11.5 Å². The van der Waals surface area contributed by atoms with Gasteiger partial charge < -0.3 is 13.9 Å². The number of ether oxygens (including phenoxy) is 2. The molecule has 144 valence electrons. The molecule has 1 aliphatic heterocycles. The topological polar surface area (TPSA) is 77.2 Å². The molecule has 0 spiro atoms. The molecule has 0 radical (unpaired) electrons. The van der Waals surface area contributed by atoms with Crippen LogP contribution in [0.2, 0.25) is 5.15 Å². The van der Waals surface area contributed by atoms with Crippen molar-refractivity contribution in [2.75, 3.05) is 14.2 Å². The van der Waals surface area contributed by atoms with Gasteiger partial charge in [-0.2, -0.15) is 5.10 Å². The smallest absolute Gasteiger partial charge is 0.240 e. The predicted octanol–water partition coefficient (Wildman–Crippen LogP) is 4.20. The fourth-order valence-electron chi connectivity index (χ4n) is 3.36. The Labute approximate surface area is 166 Å². The maximum atomic E-state index is 12.2. The number of methoxy groups -OCH3 is 2. The predicted molar refractivity (Wildman–Crippen MR) is 105 cm³/mol. The lowest BCUT2D eigenvalue weighted by molar-refractivity contribution is -0.130. The van der Waals surface area contributed by atoms with Crippen molar-refractivity contribution < 1.29 is 18.7 Å². The highest BCUT2D eigenvalue weighted by molar-refractivity contribution is 6.30. The number of rotatable bonds is 4. The zero-order chi connectivity index (χ0) is 19.8. The third-order valence-electron chi connectivity index (χ3n) is 4.70. The minimum atomic E-state index is -0.366. The molecule has 8 heteroatoms. The van der Waals surface area contributed by atoms with Gasteiger partial charge in [0, 0.05) is 30.4 Å². The van der Waals surface area contributed by atoms with Gasteiger partial charge in [-0.05, 0) is 24.3 Å². The first-order valence-corrected chi connectivity index (χ1v) is 9.03. The minimum absolute atomic E-state index is 0.185. The summed E-state index contributed by atoms with van der Waals surface area (Å²) in [5.41, 5.74) is 2.07. The van der Waals surface area contributed by atoms with Crippen LogP contribution >= 0.6 is 11.6 Å². The number of hydrogen-bond donors (Lipinski definition) is 0. The Hall–Kier alpha value is -3.06. The second-order valence-electron chi connectivity index (χ2n) is 6.38. The molecule has 0 fully saturated rings. The van der Waals surface area contributed by atoms with Crippen molar-refractivity contribution >= 4 is 34.1 Å². The van der Waals surface area contributed by atoms with Gasteiger partial charge in [0.1, 0.15) is 16.6 Å². The number of pyridine rings is 1. The molecule has 1 atom stereocenters. The van der Waals surface area contributed by atoms with Gasteiger partial charge >= 0.3 is 0 Å². The average molecular weight is 400 g/mol. The molecule has 0 saturated heterocycles. The van der Waals surface area contributed by atoms with Crippen LogP contribution in [0.1, 0.15) is 30.7 Å². The fourth-order valence-corrected chi connectivity index (χ4v) is 3.63. The van der Waals surface area contributed by atoms with Gasteiger partial charge in [0.15, 0.2) is 11.5 Å². The first kappa shape index (κ1) is 18.3. The van der Waals surface area contributed by atoms with Crippen LogP contribution in [-0.4, -0.2) is 35.8 Å². The zero-order valence-corrected chi connectivity index (χ0v) is 16.4. The molecule has 3 heterocycles. The van der Waals surface area contributed by atoms with Crippen molar-refractivity contribution in [1.29, 1.82) is 0 Å². The van der Waals surface area contributed by atoms with Gasteiger partial charge in [-0.15, -0.1) is 0 Å². The number of halogens is 1. The first-order valence-electron chi connectivity index (χ1n) is 8.65. The maximum Gasteiger partial charge on any atom is 0.240 e. The monoisotopic (exact) mass is 399 g/mol. The lowest BCUT2D eigenvalue weighted by Gasteiger charge is -2.21. The summed E-state index contributed by atoms with van der Waals surface area (Å²) >= 11 is 6.50. The van der Waals surface area contributed by atoms with Crippen LogP contribution in [0.4, 0.5) is 0 Å². The summed E-state index contributed by atoms with van der Waals surface area (Å²) < 4.78 is 16.1. The van der Waals surface area contributed by atoms with E-state index < -0.39 is 0 Å². The third kappa shape index (κ3) is 3.07. The quantitative estimate of drug-likeness (QED) is 0.614. The Morgan fingerprint density at radius 1 is 1.25 bits per heavy atom. The molecule has 0 aliphatic carbocycles. The Bertz CT molecular complexity index is 1080. The summed E-state index contributed by atoms with van der Waals surface area (Å²) in [6.45, 7) is 1.47. The van der Waals surface area contributed by atoms with E-state index in [0.717, 1.165) is 5.39 Å². The number of aromatic nitrogens is 1. The van der Waals surface area contributed by atoms with Gasteiger partial charge in [0.25, 0.3) is 0 Å². The molecule has 0 N–H and O–H groups in total. The Balaban J connectivity index is 1.79. The molecule has 1 amide bonds. The molecule has 3 aromatic rings. The number of nitrogens with zero attached hydrogens (tertiary/aromatic N) is 3. The highest BCUT2D eigenvalue weighted by Crippen LogP contribution is 2.39. The molecular weight excluding hydrogens is 382 g/mol. The number of fused-ring (bicyclic) bond motifs is 1. The molecule has 4 rings (SSSR count). The van der Waals surface area contributed by atoms with E-state index in [4.69, 9.17) is 25.5 Å². The van der Waals surface area contributed by atoms with Crippen LogP contribution < -0.4 is 9.47 Å². The van der Waals surface area contributed by atoms with E-state index in [0.29, 0.717) is 45.6 Å². The number of hydrogen-bond acceptors (Lipinski definition) is 6. The summed E-state index contributed by atoms with van der Waals surface area (Å²) in [6, 6.07) is 8.75. The van der Waals surface area contributed by atoms with E-state index in [1.165, 1.54) is 11.9 Å². The van der Waals surface area contributed by atoms with Crippen LogP contribution in [0.25, 0.3) is 10.9 Å². The van der Waals surface area contributed by atoms with E-state index in [1.807, 2.05) is 18.2 Å². The van der Waals surface area contributed by atoms with Crippen LogP contribution in [0.3, 0.4) is 0 Å². The minimum Gasteiger partial charge on any atom is -0.493 e. The highest BCUT2D eigenvalue weighted by Gasteiger charge is 2.34. The second kappa shape index (κ2) is 7.16. The van der Waals surface area contributed by atoms with E-state index >= 15 is 0 Å². The second-order valence-corrected chi connectivity index (χ2v) is 6.73. The number of amides is 1. The molecule has 0 bridgehead atoms. The summed E-state index contributed by atoms with van der Waals surface area (Å²) in [4.78, 5) is 16.7. The largest absolute Gasteiger partial charge is 0.493 e. The van der Waals surface area contributed by atoms with Gasteiger partial charge in [0.2, 0.25) is 5.91 Å². The number of furan rings is 1. The van der Waals surface area contributed by atoms with E-state index in [1.54, 1.807) is 32.6 Å². The van der Waals surface area contributed by atoms with Crippen molar-refractivity contribution in [1.82, 2.24) is 9.99 Å². The number of benzene rings is 1. The van der Waals surface area contributed by atoms with E-state index in [-0.39, 0.29) is 11.9 Å². The lowest BCUT2D eigenvalue weighted by atomic mass is 10.0. The Kier molecular flexibility index (Phi) is 4.68. The standard InChI is InChI=1S/C20H18ClN3O4/c1-11(25)24-16(9-15(23-24)17-5-4-6-28-17)13-7-12-8-18(26-2)19(27-3)10-14(12)22-20(13)21/h4-8,10,16H,9H2,1-3H3. The van der Waals surface area contributed by atoms with Crippen LogP contribution in [0.15, 0.2) is 46.1 Å². The molecule has 0 saturated carbocycles. The molecule has 1 aromatic carbocycles. The molecule has 1 aliphatic rings. The SMILES string of the molecule is COc1cc2cc(C3CC(c4ccco4)=NN3C(C)=O)c(Cl)nc2cc1OC. The molecule has 2 aromatic heterocycles. The third-order valence-corrected chi connectivity index (χ3v) is 5.00. The van der Waals surface area contributed by atoms with Crippen molar-refractivity contribution in [2.24, 2.45) is 5.10 Å². The molecular formula is C20H18ClN3O4. The molecule has 7 nitrogen and oxygen atoms in total. The highest BCUT2D eigenvalue weighted by atomic mass is 35.5. The zero-order valence-electron chi connectivity index (χ0n) is 15.6. The van der Waals surface area contributed by atoms with Crippen molar-refractivity contribution in [3.05, 3.63) is 53.1 Å². The summed E-state index contributed by atoms with van der Waals surface area (Å²) in [7, 11) is 3.14. The van der Waals surface area contributed by atoms with Crippen molar-refractivity contribution in [2.45, 2.75) is 19.4 Å². The lowest BCUT2D eigenvalue weighted by Crippen LogP contribution is -2.24. The van der Waals surface area contributed by atoms with E-state index in [9.17, 15) is 4.79 Å². The number of carbonyl (C=O) groups excluding carboxylic acids is 1. The van der Waals surface area contributed by atoms with Crippen LogP contribution in [0, 0.1) is 0 Å². The van der Waals surface area contributed by atoms with Gasteiger partial charge in [-0.1, -0.05) is 11.6 Å². The van der Waals surface area contributed by atoms with Gasteiger partial charge in [0.05, 0.1) is 32.0 Å². The van der Waals surface area contributed by atoms with Crippen LogP contribution in [0.5, 0.6) is 11.5 Å². The summed E-state index contributed by atoms with van der Waals surface area (Å²) in [5.74, 6) is 1.61. The van der Waals surface area contributed by atoms with Crippen molar-refractivity contribution in [3.63, 3.8) is 0 Å². The normalized spacial score (nSPS) is 16.4. The maximum absolute atomic E-state index is 12.2. The van der Waals surface area contributed by atoms with Crippen LogP contribution in [-0.2, 0) is 4.79 Å². The van der Waals surface area contributed by atoms with E-state index in [2.05, 4.69) is 10.1 Å². The summed E-state index contributed by atoms with van der Waals surface area (Å²) in [6.07, 6.45) is 2.06. The van der Waals surface area contributed by atoms with Gasteiger partial charge in [-0.25, -0.2) is 9.99 Å². The first-order chi connectivity index (χ1) is 13.5.